The summed E-state index contributed by atoms with van der Waals surface area (Å²) < 4.78 is 20.3. The van der Waals surface area contributed by atoms with Crippen molar-refractivity contribution in [1.82, 2.24) is 0 Å². The van der Waals surface area contributed by atoms with Gasteiger partial charge < -0.3 is 23.1 Å². The lowest BCUT2D eigenvalue weighted by Gasteiger charge is -2.31. The summed E-state index contributed by atoms with van der Waals surface area (Å²) in [6.45, 7) is 8.89. The molecule has 0 N–H and O–H groups in total. The smallest absolute Gasteiger partial charge is 0.407 e. The van der Waals surface area contributed by atoms with Crippen LogP contribution in [0.2, 0.25) is 0 Å². The average Bonchev–Trinajstić information content (AvgIpc) is 3.94. The summed E-state index contributed by atoms with van der Waals surface area (Å²) in [6, 6.07) is 69.5. The van der Waals surface area contributed by atoms with Crippen LogP contribution < -0.4 is 20.2 Å². The summed E-state index contributed by atoms with van der Waals surface area (Å²) in [4.78, 5) is 4.66. The standard InChI is InChI=1S/C60H50N2O3Si/c1-39-33-49(61(45-19-11-7-12-20-45)46-21-13-8-14-22-46)34-40(2)57(39)43-27-29-51-55(37-43)66(63-5,64-6)56-38-44(28-30-52(56)60-54-32-31-53(65-54)59(51)60)58-41(3)35-50(36-42(58)4)62(47-23-15-9-16-24-47)48-25-17-10-18-26-48/h7-38H,1-6H3. The van der Waals surface area contributed by atoms with Crippen LogP contribution in [0.4, 0.5) is 34.1 Å². The van der Waals surface area contributed by atoms with Crippen molar-refractivity contribution in [1.29, 1.82) is 0 Å². The summed E-state index contributed by atoms with van der Waals surface area (Å²) in [5, 5.41) is 2.13. The molecule has 0 spiro atoms. The molecule has 0 saturated carbocycles. The molecule has 11 rings (SSSR count). The van der Waals surface area contributed by atoms with Crippen LogP contribution in [-0.2, 0) is 8.85 Å². The van der Waals surface area contributed by atoms with E-state index in [4.69, 9.17) is 13.3 Å². The van der Waals surface area contributed by atoms with Gasteiger partial charge in [0.05, 0.1) is 0 Å². The summed E-state index contributed by atoms with van der Waals surface area (Å²) in [7, 11) is 0.225. The molecule has 2 aromatic heterocycles. The molecule has 0 unspecified atom stereocenters. The van der Waals surface area contributed by atoms with Crippen molar-refractivity contribution in [2.24, 2.45) is 0 Å². The van der Waals surface area contributed by atoms with Crippen molar-refractivity contribution in [2.75, 3.05) is 24.0 Å². The average molecular weight is 875 g/mol. The molecule has 0 atom stereocenters. The largest absolute Gasteiger partial charge is 0.456 e. The third-order valence-electron chi connectivity index (χ3n) is 13.4. The van der Waals surface area contributed by atoms with E-state index in [2.05, 4.69) is 232 Å². The first-order chi connectivity index (χ1) is 32.3. The summed E-state index contributed by atoms with van der Waals surface area (Å²) >= 11 is 0. The van der Waals surface area contributed by atoms with Gasteiger partial charge in [-0.3, -0.25) is 0 Å². The number of para-hydroxylation sites is 4. The van der Waals surface area contributed by atoms with Crippen LogP contribution in [0.25, 0.3) is 55.7 Å². The highest BCUT2D eigenvalue weighted by molar-refractivity contribution is 6.94. The zero-order valence-corrected chi connectivity index (χ0v) is 39.1. The minimum atomic E-state index is -3.42. The Balaban J connectivity index is 1.06. The van der Waals surface area contributed by atoms with Gasteiger partial charge in [-0.2, -0.15) is 0 Å². The maximum absolute atomic E-state index is 6.91. The number of nitrogens with zero attached hydrogens (tertiary/aromatic N) is 2. The molecule has 1 aliphatic heterocycles. The molecule has 0 aliphatic carbocycles. The molecule has 2 bridgehead atoms. The molecule has 5 nitrogen and oxygen atoms in total. The molecule has 322 valence electrons. The minimum absolute atomic E-state index is 0.864. The second-order valence-corrected chi connectivity index (χ2v) is 20.5. The number of hydrogen-bond donors (Lipinski definition) is 0. The fraction of sp³-hybridized carbons (Fsp3) is 0.100. The van der Waals surface area contributed by atoms with Gasteiger partial charge in [0.2, 0.25) is 0 Å². The van der Waals surface area contributed by atoms with Crippen LogP contribution >= 0.6 is 0 Å². The molecule has 0 fully saturated rings. The normalized spacial score (nSPS) is 12.6. The van der Waals surface area contributed by atoms with Crippen LogP contribution in [0.5, 0.6) is 0 Å². The Morgan fingerprint density at radius 2 is 0.667 bits per heavy atom. The van der Waals surface area contributed by atoms with Gasteiger partial charge in [-0.25, -0.2) is 0 Å². The highest BCUT2D eigenvalue weighted by atomic mass is 28.4. The molecule has 6 heteroatoms. The molecule has 3 heterocycles. The fourth-order valence-electron chi connectivity index (χ4n) is 10.7. The van der Waals surface area contributed by atoms with Crippen LogP contribution in [0.1, 0.15) is 22.3 Å². The zero-order chi connectivity index (χ0) is 45.1. The maximum atomic E-state index is 6.91. The van der Waals surface area contributed by atoms with Gasteiger partial charge in [-0.15, -0.1) is 0 Å². The van der Waals surface area contributed by atoms with Gasteiger partial charge in [0.25, 0.3) is 0 Å². The van der Waals surface area contributed by atoms with E-state index in [0.717, 1.165) is 89.0 Å². The molecule has 0 saturated heterocycles. The van der Waals surface area contributed by atoms with E-state index in [1.807, 2.05) is 14.2 Å². The van der Waals surface area contributed by atoms with Crippen molar-refractivity contribution >= 4 is 64.2 Å². The Hall–Kier alpha value is -7.48. The second kappa shape index (κ2) is 16.5. The van der Waals surface area contributed by atoms with Crippen molar-refractivity contribution in [3.8, 4) is 44.5 Å². The summed E-state index contributed by atoms with van der Waals surface area (Å²) in [5.41, 5.74) is 22.1. The van der Waals surface area contributed by atoms with Crippen molar-refractivity contribution < 1.29 is 13.3 Å². The summed E-state index contributed by atoms with van der Waals surface area (Å²) in [6.07, 6.45) is 0. The van der Waals surface area contributed by atoms with Gasteiger partial charge in [-0.05, 0) is 180 Å². The van der Waals surface area contributed by atoms with E-state index in [1.54, 1.807) is 0 Å². The molecule has 0 amide bonds. The predicted octanol–water partition coefficient (Wildman–Crippen LogP) is 14.9. The third-order valence-corrected chi connectivity index (χ3v) is 16.8. The number of hydrogen-bond acceptors (Lipinski definition) is 5. The Bertz CT molecular complexity index is 3030. The van der Waals surface area contributed by atoms with E-state index in [-0.39, 0.29) is 0 Å². The predicted molar refractivity (Wildman–Crippen MR) is 276 cm³/mol. The first-order valence-electron chi connectivity index (χ1n) is 22.6. The lowest BCUT2D eigenvalue weighted by molar-refractivity contribution is 0.273. The van der Waals surface area contributed by atoms with E-state index < -0.39 is 8.56 Å². The van der Waals surface area contributed by atoms with Gasteiger partial charge in [-0.1, -0.05) is 97.1 Å². The molecular formula is C60H50N2O3Si. The van der Waals surface area contributed by atoms with Crippen LogP contribution in [0.15, 0.2) is 199 Å². The number of furan rings is 2. The van der Waals surface area contributed by atoms with Crippen molar-refractivity contribution in [3.05, 3.63) is 216 Å². The van der Waals surface area contributed by atoms with Crippen LogP contribution in [-0.4, -0.2) is 22.8 Å². The van der Waals surface area contributed by atoms with Crippen molar-refractivity contribution in [3.63, 3.8) is 0 Å². The van der Waals surface area contributed by atoms with Crippen LogP contribution in [0.3, 0.4) is 0 Å². The Morgan fingerprint density at radius 1 is 0.348 bits per heavy atom. The van der Waals surface area contributed by atoms with Gasteiger partial charge >= 0.3 is 8.56 Å². The maximum Gasteiger partial charge on any atom is 0.407 e. The lowest BCUT2D eigenvalue weighted by atomic mass is 9.90. The van der Waals surface area contributed by atoms with Gasteiger partial charge in [0, 0.05) is 69.8 Å². The molecule has 8 aromatic carbocycles. The summed E-state index contributed by atoms with van der Waals surface area (Å²) in [5.74, 6) is 0. The Kier molecular flexibility index (Phi) is 10.3. The lowest BCUT2D eigenvalue weighted by Crippen LogP contribution is -2.63. The van der Waals surface area contributed by atoms with E-state index >= 15 is 0 Å². The van der Waals surface area contributed by atoms with Gasteiger partial charge in [0.15, 0.2) is 0 Å². The second-order valence-electron chi connectivity index (χ2n) is 17.4. The Labute approximate surface area is 388 Å². The minimum Gasteiger partial charge on any atom is -0.456 e. The quantitative estimate of drug-likeness (QED) is 0.128. The number of rotatable bonds is 10. The number of benzene rings is 9. The topological polar surface area (TPSA) is 38.1 Å². The molecule has 0 radical (unpaired) electrons. The van der Waals surface area contributed by atoms with Crippen LogP contribution in [0, 0.1) is 27.7 Å². The fourth-order valence-corrected chi connectivity index (χ4v) is 13.8. The third kappa shape index (κ3) is 6.68. The molecular weight excluding hydrogens is 825 g/mol. The first-order valence-corrected chi connectivity index (χ1v) is 24.4. The van der Waals surface area contributed by atoms with E-state index in [1.165, 1.54) is 33.4 Å². The first kappa shape index (κ1) is 41.2. The molecule has 1 aliphatic rings. The van der Waals surface area contributed by atoms with Crippen molar-refractivity contribution in [2.45, 2.75) is 27.7 Å². The molecule has 66 heavy (non-hydrogen) atoms. The number of fused-ring (bicyclic) bond motifs is 9. The SMILES string of the molecule is CO[Si]1(OC)c2cc(-c3c(C)cc(N(c4ccccc4)c4ccccc4)cc3C)ccc2-c2c(c3ccc2o3)-c2ccc(-c3c(C)cc(N(c4ccccc4)c4ccccc4)cc3C)cc21. The van der Waals surface area contributed by atoms with E-state index in [9.17, 15) is 0 Å². The van der Waals surface area contributed by atoms with Gasteiger partial charge in [0.1, 0.15) is 11.2 Å². The highest BCUT2D eigenvalue weighted by Gasteiger charge is 2.48. The molecule has 10 aromatic rings. The number of aryl methyl sites for hydroxylation is 4. The Morgan fingerprint density at radius 3 is 0.970 bits per heavy atom. The zero-order valence-electron chi connectivity index (χ0n) is 38.1. The monoisotopic (exact) mass is 874 g/mol. The number of anilines is 6. The highest BCUT2D eigenvalue weighted by Crippen LogP contribution is 2.48. The van der Waals surface area contributed by atoms with E-state index in [0.29, 0.717) is 0 Å².